The Bertz CT molecular complexity index is 859. The number of carbonyl (C=O) groups is 2. The predicted octanol–water partition coefficient (Wildman–Crippen LogP) is 8.65. The monoisotopic (exact) mass is 452 g/mol. The van der Waals surface area contributed by atoms with Gasteiger partial charge in [-0.2, -0.15) is 0 Å². The van der Waals surface area contributed by atoms with Crippen LogP contribution in [0, 0.1) is 17.8 Å². The second-order valence-corrected chi connectivity index (χ2v) is 10.6. The third-order valence-electron chi connectivity index (χ3n) is 6.99. The minimum Gasteiger partial charge on any atom is -0.504 e. The zero-order valence-electron chi connectivity index (χ0n) is 21.5. The first kappa shape index (κ1) is 27.1. The molecule has 2 unspecified atom stereocenters. The van der Waals surface area contributed by atoms with E-state index < -0.39 is 11.5 Å². The molecule has 0 spiro atoms. The van der Waals surface area contributed by atoms with Crippen LogP contribution in [0.3, 0.4) is 0 Å². The minimum atomic E-state index is -0.450. The normalized spacial score (nSPS) is 16.4. The summed E-state index contributed by atoms with van der Waals surface area (Å²) < 4.78 is 0. The van der Waals surface area contributed by atoms with Crippen LogP contribution in [0.4, 0.5) is 0 Å². The molecule has 3 nitrogen and oxygen atoms in total. The molecule has 33 heavy (non-hydrogen) atoms. The number of Topliss-reactive ketones (excluding diaryl/α,β-unsaturated/α-hetero) is 2. The maximum atomic E-state index is 12.7. The molecule has 0 radical (unpaired) electrons. The molecule has 0 amide bonds. The molecule has 0 aliphatic heterocycles. The highest BCUT2D eigenvalue weighted by Crippen LogP contribution is 2.28. The Labute approximate surface area is 201 Å². The Balaban J connectivity index is 1.71. The molecular formula is C30H44O3. The van der Waals surface area contributed by atoms with Gasteiger partial charge in [-0.05, 0) is 43.9 Å². The van der Waals surface area contributed by atoms with Crippen LogP contribution in [0.1, 0.15) is 120 Å². The molecule has 1 aromatic rings. The van der Waals surface area contributed by atoms with Gasteiger partial charge in [0.1, 0.15) is 0 Å². The third kappa shape index (κ3) is 8.61. The SMILES string of the molecule is C/C(=C\CC1=C(O)C(=O)c2ccccc2C1=O)CCCC(C)CCCC(C)CCCC(C)C. The molecule has 0 heterocycles. The second-order valence-electron chi connectivity index (χ2n) is 10.6. The van der Waals surface area contributed by atoms with E-state index in [-0.39, 0.29) is 11.4 Å². The van der Waals surface area contributed by atoms with Crippen molar-refractivity contribution in [3.63, 3.8) is 0 Å². The number of allylic oxidation sites excluding steroid dienone is 4. The van der Waals surface area contributed by atoms with Crippen molar-refractivity contribution in [3.8, 4) is 0 Å². The summed E-state index contributed by atoms with van der Waals surface area (Å²) in [5, 5.41) is 10.3. The largest absolute Gasteiger partial charge is 0.504 e. The lowest BCUT2D eigenvalue weighted by atomic mass is 9.86. The maximum absolute atomic E-state index is 12.7. The first-order valence-electron chi connectivity index (χ1n) is 13.0. The number of aliphatic hydroxyl groups excluding tert-OH is 1. The fraction of sp³-hybridized carbons (Fsp3) is 0.600. The fourth-order valence-electron chi connectivity index (χ4n) is 4.69. The zero-order chi connectivity index (χ0) is 24.4. The van der Waals surface area contributed by atoms with Crippen LogP contribution < -0.4 is 0 Å². The molecule has 1 N–H and O–H groups in total. The van der Waals surface area contributed by atoms with Gasteiger partial charge in [0.2, 0.25) is 5.78 Å². The van der Waals surface area contributed by atoms with Crippen molar-refractivity contribution in [2.75, 3.05) is 0 Å². The van der Waals surface area contributed by atoms with Crippen LogP contribution >= 0.6 is 0 Å². The highest BCUT2D eigenvalue weighted by Gasteiger charge is 2.31. The number of carbonyl (C=O) groups excluding carboxylic acids is 2. The number of fused-ring (bicyclic) bond motifs is 1. The quantitative estimate of drug-likeness (QED) is 0.287. The molecule has 2 atom stereocenters. The molecule has 1 aliphatic carbocycles. The lowest BCUT2D eigenvalue weighted by molar-refractivity contribution is 0.0927. The van der Waals surface area contributed by atoms with E-state index in [1.54, 1.807) is 24.3 Å². The first-order valence-corrected chi connectivity index (χ1v) is 13.0. The lowest BCUT2D eigenvalue weighted by Crippen LogP contribution is -2.21. The van der Waals surface area contributed by atoms with Crippen molar-refractivity contribution in [1.82, 2.24) is 0 Å². The van der Waals surface area contributed by atoms with Crippen molar-refractivity contribution in [3.05, 3.63) is 58.4 Å². The summed E-state index contributed by atoms with van der Waals surface area (Å²) in [5.41, 5.74) is 2.11. The number of hydrogen-bond acceptors (Lipinski definition) is 3. The molecule has 1 aromatic carbocycles. The minimum absolute atomic E-state index is 0.217. The van der Waals surface area contributed by atoms with Crippen LogP contribution in [0.2, 0.25) is 0 Å². The van der Waals surface area contributed by atoms with E-state index in [4.69, 9.17) is 0 Å². The predicted molar refractivity (Wildman–Crippen MR) is 138 cm³/mol. The number of ketones is 2. The number of benzene rings is 1. The number of rotatable bonds is 14. The van der Waals surface area contributed by atoms with E-state index in [9.17, 15) is 14.7 Å². The summed E-state index contributed by atoms with van der Waals surface area (Å²) in [6, 6.07) is 6.71. The number of aliphatic hydroxyl groups is 1. The van der Waals surface area contributed by atoms with Gasteiger partial charge >= 0.3 is 0 Å². The molecule has 2 rings (SSSR count). The van der Waals surface area contributed by atoms with Gasteiger partial charge < -0.3 is 5.11 Å². The van der Waals surface area contributed by atoms with Gasteiger partial charge in [-0.15, -0.1) is 0 Å². The van der Waals surface area contributed by atoms with E-state index in [0.29, 0.717) is 17.5 Å². The van der Waals surface area contributed by atoms with Gasteiger partial charge in [-0.3, -0.25) is 9.59 Å². The summed E-state index contributed by atoms with van der Waals surface area (Å²) in [6.07, 6.45) is 13.7. The van der Waals surface area contributed by atoms with E-state index in [2.05, 4.69) is 34.6 Å². The van der Waals surface area contributed by atoms with Crippen molar-refractivity contribution < 1.29 is 14.7 Å². The highest BCUT2D eigenvalue weighted by molar-refractivity contribution is 6.26. The van der Waals surface area contributed by atoms with Gasteiger partial charge in [0.25, 0.3) is 0 Å². The average Bonchev–Trinajstić information content (AvgIpc) is 2.77. The summed E-state index contributed by atoms with van der Waals surface area (Å²) in [6.45, 7) is 11.4. The molecule has 1 aliphatic rings. The van der Waals surface area contributed by atoms with Crippen LogP contribution in [0.15, 0.2) is 47.2 Å². The van der Waals surface area contributed by atoms with E-state index in [1.165, 1.54) is 50.5 Å². The van der Waals surface area contributed by atoms with E-state index in [0.717, 1.165) is 30.6 Å². The van der Waals surface area contributed by atoms with Crippen LogP contribution in [-0.2, 0) is 0 Å². The maximum Gasteiger partial charge on any atom is 0.228 e. The Morgan fingerprint density at radius 1 is 0.818 bits per heavy atom. The summed E-state index contributed by atoms with van der Waals surface area (Å²) in [7, 11) is 0. The lowest BCUT2D eigenvalue weighted by Gasteiger charge is -2.17. The van der Waals surface area contributed by atoms with Crippen molar-refractivity contribution in [2.24, 2.45) is 17.8 Å². The van der Waals surface area contributed by atoms with Gasteiger partial charge in [-0.25, -0.2) is 0 Å². The van der Waals surface area contributed by atoms with E-state index in [1.807, 2.05) is 6.08 Å². The number of hydrogen-bond donors (Lipinski definition) is 1. The Morgan fingerprint density at radius 3 is 1.91 bits per heavy atom. The van der Waals surface area contributed by atoms with Gasteiger partial charge in [0.05, 0.1) is 0 Å². The molecule has 0 saturated carbocycles. The summed E-state index contributed by atoms with van der Waals surface area (Å²) >= 11 is 0. The van der Waals surface area contributed by atoms with Crippen LogP contribution in [-0.4, -0.2) is 16.7 Å². The molecule has 0 bridgehead atoms. The summed E-state index contributed by atoms with van der Waals surface area (Å²) in [5.74, 6) is 1.32. The van der Waals surface area contributed by atoms with Crippen molar-refractivity contribution in [2.45, 2.75) is 98.8 Å². The van der Waals surface area contributed by atoms with Gasteiger partial charge in [0.15, 0.2) is 11.5 Å². The zero-order valence-corrected chi connectivity index (χ0v) is 21.5. The van der Waals surface area contributed by atoms with Crippen molar-refractivity contribution >= 4 is 11.6 Å². The molecule has 182 valence electrons. The Morgan fingerprint density at radius 2 is 1.33 bits per heavy atom. The van der Waals surface area contributed by atoms with Crippen LogP contribution in [0.5, 0.6) is 0 Å². The molecule has 3 heteroatoms. The second kappa shape index (κ2) is 13.5. The molecule has 0 saturated heterocycles. The standard InChI is InChI=1S/C30H44O3/c1-21(2)11-8-12-22(3)13-9-14-23(4)15-10-16-24(5)19-20-27-28(31)25-17-6-7-18-26(25)29(32)30(27)33/h6-7,17-19,21-23,33H,8-16,20H2,1-5H3/b24-19+. The fourth-order valence-corrected chi connectivity index (χ4v) is 4.69. The highest BCUT2D eigenvalue weighted by atomic mass is 16.3. The Kier molecular flexibility index (Phi) is 11.1. The molecule has 0 aromatic heterocycles. The topological polar surface area (TPSA) is 54.4 Å². The Hall–Kier alpha value is -2.16. The summed E-state index contributed by atoms with van der Waals surface area (Å²) in [4.78, 5) is 25.1. The first-order chi connectivity index (χ1) is 15.7. The van der Waals surface area contributed by atoms with Crippen molar-refractivity contribution in [1.29, 1.82) is 0 Å². The molecule has 0 fully saturated rings. The van der Waals surface area contributed by atoms with Gasteiger partial charge in [0, 0.05) is 16.7 Å². The van der Waals surface area contributed by atoms with E-state index >= 15 is 0 Å². The average molecular weight is 453 g/mol. The van der Waals surface area contributed by atoms with Crippen LogP contribution in [0.25, 0.3) is 0 Å². The third-order valence-corrected chi connectivity index (χ3v) is 6.99. The molecular weight excluding hydrogens is 408 g/mol. The smallest absolute Gasteiger partial charge is 0.228 e. The van der Waals surface area contributed by atoms with Gasteiger partial charge in [-0.1, -0.05) is 109 Å².